The zero-order chi connectivity index (χ0) is 22.4. The Hall–Kier alpha value is -3.37. The van der Waals surface area contributed by atoms with Gasteiger partial charge in [0.05, 0.1) is 12.5 Å². The minimum absolute atomic E-state index is 0.0406. The number of aromatic nitrogens is 2. The smallest absolute Gasteiger partial charge is 0.351 e. The molecule has 3 rings (SSSR count). The van der Waals surface area contributed by atoms with Crippen molar-refractivity contribution in [2.75, 3.05) is 11.9 Å². The normalized spacial score (nSPS) is 20.3. The summed E-state index contributed by atoms with van der Waals surface area (Å²) in [5.74, 6) is -0.995. The average Bonchev–Trinajstić information content (AvgIpc) is 3.11. The van der Waals surface area contributed by atoms with E-state index in [0.717, 1.165) is 0 Å². The zero-order valence-corrected chi connectivity index (χ0v) is 16.9. The van der Waals surface area contributed by atoms with Crippen LogP contribution in [-0.4, -0.2) is 51.1 Å². The van der Waals surface area contributed by atoms with Gasteiger partial charge in [-0.2, -0.15) is 4.98 Å². The number of aliphatic hydroxyl groups is 1. The predicted molar refractivity (Wildman–Crippen MR) is 108 cm³/mol. The van der Waals surface area contributed by atoms with Crippen molar-refractivity contribution in [2.45, 2.75) is 44.6 Å². The van der Waals surface area contributed by atoms with Crippen LogP contribution in [-0.2, 0) is 19.1 Å². The van der Waals surface area contributed by atoms with Crippen LogP contribution in [0.3, 0.4) is 0 Å². The number of ether oxygens (including phenoxy) is 2. The summed E-state index contributed by atoms with van der Waals surface area (Å²) >= 11 is 0. The van der Waals surface area contributed by atoms with E-state index >= 15 is 0 Å². The molecule has 0 radical (unpaired) electrons. The maximum Gasteiger partial charge on any atom is 0.351 e. The number of hydrogen-bond donors (Lipinski definition) is 2. The van der Waals surface area contributed by atoms with Gasteiger partial charge >= 0.3 is 11.7 Å². The Kier molecular flexibility index (Phi) is 7.27. The molecular weight excluding hydrogens is 406 g/mol. The van der Waals surface area contributed by atoms with Gasteiger partial charge in [0.2, 0.25) is 0 Å². The Balaban J connectivity index is 1.58. The monoisotopic (exact) mass is 429 g/mol. The molecule has 0 unspecified atom stereocenters. The van der Waals surface area contributed by atoms with Crippen LogP contribution in [0.15, 0.2) is 47.4 Å². The summed E-state index contributed by atoms with van der Waals surface area (Å²) in [6.45, 7) is 1.19. The standard InChI is InChI=1S/C21H23N3O7/c1-13(25)7-8-19(27)30-12-16-15(26)11-18(31-16)24-10-9-17(23-21(24)29)22-20(28)14-5-3-2-4-6-14/h2-6,9-10,15-16,18,26H,7-8,11-12H2,1H3,(H,22,23,28,29)/t15-,16+,18+/m0/s1. The van der Waals surface area contributed by atoms with E-state index in [1.165, 1.54) is 23.8 Å². The molecule has 1 aliphatic rings. The van der Waals surface area contributed by atoms with Gasteiger partial charge in [-0.15, -0.1) is 0 Å². The van der Waals surface area contributed by atoms with Crippen LogP contribution >= 0.6 is 0 Å². The first kappa shape index (κ1) is 22.3. The highest BCUT2D eigenvalue weighted by Gasteiger charge is 2.36. The van der Waals surface area contributed by atoms with Crippen molar-refractivity contribution in [1.82, 2.24) is 9.55 Å². The fourth-order valence-corrected chi connectivity index (χ4v) is 3.04. The van der Waals surface area contributed by atoms with Gasteiger partial charge in [-0.05, 0) is 25.1 Å². The van der Waals surface area contributed by atoms with Gasteiger partial charge in [0.1, 0.15) is 30.5 Å². The Morgan fingerprint density at radius 1 is 1.23 bits per heavy atom. The van der Waals surface area contributed by atoms with E-state index in [1.807, 2.05) is 0 Å². The Morgan fingerprint density at radius 3 is 2.65 bits per heavy atom. The SMILES string of the molecule is CC(=O)CCC(=O)OC[C@H]1O[C@@H](n2ccc(NC(=O)c3ccccc3)nc2=O)C[C@@H]1O. The molecule has 164 valence electrons. The quantitative estimate of drug-likeness (QED) is 0.594. The van der Waals surface area contributed by atoms with E-state index in [-0.39, 0.29) is 37.5 Å². The van der Waals surface area contributed by atoms with E-state index < -0.39 is 36.0 Å². The lowest BCUT2D eigenvalue weighted by Gasteiger charge is -2.16. The van der Waals surface area contributed by atoms with Crippen molar-refractivity contribution >= 4 is 23.5 Å². The molecule has 2 aromatic rings. The summed E-state index contributed by atoms with van der Waals surface area (Å²) in [6, 6.07) is 9.95. The first-order chi connectivity index (χ1) is 14.8. The van der Waals surface area contributed by atoms with E-state index in [2.05, 4.69) is 10.3 Å². The molecule has 2 N–H and O–H groups in total. The van der Waals surface area contributed by atoms with Gasteiger partial charge in [0.25, 0.3) is 5.91 Å². The maximum absolute atomic E-state index is 12.4. The third-order valence-corrected chi connectivity index (χ3v) is 4.71. The number of hydrogen-bond acceptors (Lipinski definition) is 8. The topological polar surface area (TPSA) is 137 Å². The average molecular weight is 429 g/mol. The van der Waals surface area contributed by atoms with Gasteiger partial charge in [-0.1, -0.05) is 18.2 Å². The first-order valence-electron chi connectivity index (χ1n) is 9.77. The highest BCUT2D eigenvalue weighted by Crippen LogP contribution is 2.28. The number of Topliss-reactive ketones (excluding diaryl/α,β-unsaturated/α-hetero) is 1. The zero-order valence-electron chi connectivity index (χ0n) is 16.9. The van der Waals surface area contributed by atoms with Crippen molar-refractivity contribution < 1.29 is 29.0 Å². The molecule has 1 aromatic heterocycles. The summed E-state index contributed by atoms with van der Waals surface area (Å²) in [5.41, 5.74) is -0.237. The first-order valence-corrected chi connectivity index (χ1v) is 9.77. The molecule has 3 atom stereocenters. The summed E-state index contributed by atoms with van der Waals surface area (Å²) in [4.78, 5) is 51.0. The molecule has 1 saturated heterocycles. The third-order valence-electron chi connectivity index (χ3n) is 4.71. The van der Waals surface area contributed by atoms with Crippen LogP contribution in [0.25, 0.3) is 0 Å². The lowest BCUT2D eigenvalue weighted by molar-refractivity contribution is -0.151. The van der Waals surface area contributed by atoms with Crippen LogP contribution in [0.4, 0.5) is 5.82 Å². The van der Waals surface area contributed by atoms with Crippen molar-refractivity contribution in [2.24, 2.45) is 0 Å². The Labute approximate surface area is 177 Å². The number of benzene rings is 1. The third kappa shape index (κ3) is 6.06. The largest absolute Gasteiger partial charge is 0.463 e. The molecule has 0 saturated carbocycles. The second kappa shape index (κ2) is 10.1. The van der Waals surface area contributed by atoms with Gasteiger partial charge in [0, 0.05) is 24.6 Å². The molecule has 1 aromatic carbocycles. The number of esters is 1. The van der Waals surface area contributed by atoms with Crippen LogP contribution < -0.4 is 11.0 Å². The summed E-state index contributed by atoms with van der Waals surface area (Å²) < 4.78 is 11.9. The van der Waals surface area contributed by atoms with Crippen LogP contribution in [0.5, 0.6) is 0 Å². The highest BCUT2D eigenvalue weighted by atomic mass is 16.6. The van der Waals surface area contributed by atoms with Crippen molar-refractivity contribution in [1.29, 1.82) is 0 Å². The van der Waals surface area contributed by atoms with Crippen LogP contribution in [0.1, 0.15) is 42.8 Å². The van der Waals surface area contributed by atoms with E-state index in [1.54, 1.807) is 30.3 Å². The lowest BCUT2D eigenvalue weighted by atomic mass is 10.2. The van der Waals surface area contributed by atoms with E-state index in [0.29, 0.717) is 5.56 Å². The fraction of sp³-hybridized carbons (Fsp3) is 0.381. The van der Waals surface area contributed by atoms with Gasteiger partial charge in [0.15, 0.2) is 0 Å². The molecule has 1 fully saturated rings. The summed E-state index contributed by atoms with van der Waals surface area (Å²) in [5, 5.41) is 12.7. The molecular formula is C21H23N3O7. The van der Waals surface area contributed by atoms with Gasteiger partial charge < -0.3 is 24.7 Å². The molecule has 0 spiro atoms. The number of aliphatic hydroxyl groups excluding tert-OH is 1. The molecule has 31 heavy (non-hydrogen) atoms. The van der Waals surface area contributed by atoms with Crippen molar-refractivity contribution in [3.63, 3.8) is 0 Å². The molecule has 1 amide bonds. The number of carbonyl (C=O) groups excluding carboxylic acids is 3. The minimum atomic E-state index is -0.949. The Morgan fingerprint density at radius 2 is 1.97 bits per heavy atom. The number of nitrogens with zero attached hydrogens (tertiary/aromatic N) is 2. The number of ketones is 1. The van der Waals surface area contributed by atoms with Gasteiger partial charge in [-0.3, -0.25) is 14.2 Å². The Bertz CT molecular complexity index is 1010. The van der Waals surface area contributed by atoms with Crippen LogP contribution in [0, 0.1) is 0 Å². The van der Waals surface area contributed by atoms with E-state index in [4.69, 9.17) is 9.47 Å². The maximum atomic E-state index is 12.4. The molecule has 2 heterocycles. The molecule has 10 heteroatoms. The van der Waals surface area contributed by atoms with Crippen molar-refractivity contribution in [3.8, 4) is 0 Å². The number of carbonyl (C=O) groups is 3. The lowest BCUT2D eigenvalue weighted by Crippen LogP contribution is -2.29. The summed E-state index contributed by atoms with van der Waals surface area (Å²) in [7, 11) is 0. The van der Waals surface area contributed by atoms with Crippen molar-refractivity contribution in [3.05, 3.63) is 58.6 Å². The predicted octanol–water partition coefficient (Wildman–Crippen LogP) is 1.06. The molecule has 0 aliphatic carbocycles. The molecule has 0 bridgehead atoms. The molecule has 1 aliphatic heterocycles. The number of anilines is 1. The fourth-order valence-electron chi connectivity index (χ4n) is 3.04. The van der Waals surface area contributed by atoms with E-state index in [9.17, 15) is 24.3 Å². The summed E-state index contributed by atoms with van der Waals surface area (Å²) in [6.07, 6.45) is -0.993. The second-order valence-electron chi connectivity index (χ2n) is 7.14. The highest BCUT2D eigenvalue weighted by molar-refractivity contribution is 6.03. The number of nitrogens with one attached hydrogen (secondary N) is 1. The number of amides is 1. The number of rotatable bonds is 8. The molecule has 10 nitrogen and oxygen atoms in total. The van der Waals surface area contributed by atoms with Crippen LogP contribution in [0.2, 0.25) is 0 Å². The van der Waals surface area contributed by atoms with Gasteiger partial charge in [-0.25, -0.2) is 4.79 Å². The second-order valence-corrected chi connectivity index (χ2v) is 7.14. The minimum Gasteiger partial charge on any atom is -0.463 e.